The molecule has 0 radical (unpaired) electrons. The Bertz CT molecular complexity index is 1150. The molecule has 0 fully saturated rings. The predicted molar refractivity (Wildman–Crippen MR) is 119 cm³/mol. The monoisotopic (exact) mass is 458 g/mol. The minimum atomic E-state index is -3.92. The maximum Gasteiger partial charge on any atom is 0.324 e. The SMILES string of the molecule is CC(NC(=O)COC(=O)[C@@H](NS(=O)(=O)c1ccccc1)C(C)C)c1cc2ccccc2o1. The lowest BCUT2D eigenvalue weighted by Gasteiger charge is -2.21. The maximum absolute atomic E-state index is 12.6. The summed E-state index contributed by atoms with van der Waals surface area (Å²) in [6.07, 6.45) is 0. The van der Waals surface area contributed by atoms with Crippen molar-refractivity contribution in [2.24, 2.45) is 5.92 Å². The van der Waals surface area contributed by atoms with E-state index in [1.807, 2.05) is 30.3 Å². The lowest BCUT2D eigenvalue weighted by molar-refractivity contribution is -0.151. The van der Waals surface area contributed by atoms with Crippen LogP contribution in [0.5, 0.6) is 0 Å². The van der Waals surface area contributed by atoms with E-state index in [-0.39, 0.29) is 4.90 Å². The molecule has 1 heterocycles. The highest BCUT2D eigenvalue weighted by Crippen LogP contribution is 2.23. The number of nitrogens with one attached hydrogen (secondary N) is 2. The van der Waals surface area contributed by atoms with Crippen LogP contribution in [0.3, 0.4) is 0 Å². The second-order valence-electron chi connectivity index (χ2n) is 7.74. The van der Waals surface area contributed by atoms with Crippen LogP contribution in [0.2, 0.25) is 0 Å². The van der Waals surface area contributed by atoms with E-state index in [1.54, 1.807) is 39.0 Å². The van der Waals surface area contributed by atoms with Crippen LogP contribution in [0, 0.1) is 5.92 Å². The lowest BCUT2D eigenvalue weighted by atomic mass is 10.1. The number of fused-ring (bicyclic) bond motifs is 1. The smallest absolute Gasteiger partial charge is 0.324 e. The van der Waals surface area contributed by atoms with Crippen molar-refractivity contribution in [2.75, 3.05) is 6.61 Å². The molecule has 0 aliphatic carbocycles. The topological polar surface area (TPSA) is 115 Å². The van der Waals surface area contributed by atoms with Crippen LogP contribution in [0.1, 0.15) is 32.6 Å². The van der Waals surface area contributed by atoms with Gasteiger partial charge in [0.15, 0.2) is 6.61 Å². The zero-order valence-corrected chi connectivity index (χ0v) is 18.9. The first-order chi connectivity index (χ1) is 15.2. The number of sulfonamides is 1. The summed E-state index contributed by atoms with van der Waals surface area (Å²) in [6, 6.07) is 15.5. The molecule has 32 heavy (non-hydrogen) atoms. The van der Waals surface area contributed by atoms with Crippen LogP contribution in [-0.4, -0.2) is 32.9 Å². The summed E-state index contributed by atoms with van der Waals surface area (Å²) in [6.45, 7) is 4.58. The molecule has 0 saturated heterocycles. The van der Waals surface area contributed by atoms with Crippen molar-refractivity contribution in [3.63, 3.8) is 0 Å². The van der Waals surface area contributed by atoms with E-state index in [4.69, 9.17) is 9.15 Å². The highest BCUT2D eigenvalue weighted by atomic mass is 32.2. The number of hydrogen-bond donors (Lipinski definition) is 2. The van der Waals surface area contributed by atoms with Gasteiger partial charge >= 0.3 is 5.97 Å². The van der Waals surface area contributed by atoms with Gasteiger partial charge in [-0.05, 0) is 37.1 Å². The molecule has 170 valence electrons. The van der Waals surface area contributed by atoms with Gasteiger partial charge in [-0.3, -0.25) is 9.59 Å². The molecule has 0 aliphatic rings. The Kier molecular flexibility index (Phi) is 7.32. The van der Waals surface area contributed by atoms with E-state index in [0.717, 1.165) is 5.39 Å². The van der Waals surface area contributed by atoms with E-state index in [2.05, 4.69) is 10.0 Å². The van der Waals surface area contributed by atoms with Crippen molar-refractivity contribution < 1.29 is 27.2 Å². The third kappa shape index (κ3) is 5.74. The number of carbonyl (C=O) groups excluding carboxylic acids is 2. The number of rotatable bonds is 9. The summed E-state index contributed by atoms with van der Waals surface area (Å²) in [5.74, 6) is -1.18. The molecule has 2 N–H and O–H groups in total. The van der Waals surface area contributed by atoms with Crippen molar-refractivity contribution in [1.82, 2.24) is 10.0 Å². The highest BCUT2D eigenvalue weighted by Gasteiger charge is 2.30. The molecule has 8 nitrogen and oxygen atoms in total. The number of para-hydroxylation sites is 1. The molecule has 3 aromatic rings. The number of ether oxygens (including phenoxy) is 1. The summed E-state index contributed by atoms with van der Waals surface area (Å²) >= 11 is 0. The zero-order valence-electron chi connectivity index (χ0n) is 18.1. The molecule has 0 saturated carbocycles. The average molecular weight is 459 g/mol. The summed E-state index contributed by atoms with van der Waals surface area (Å²) in [4.78, 5) is 24.8. The van der Waals surface area contributed by atoms with Gasteiger partial charge in [0.1, 0.15) is 17.4 Å². The van der Waals surface area contributed by atoms with E-state index >= 15 is 0 Å². The van der Waals surface area contributed by atoms with Crippen LogP contribution in [0.25, 0.3) is 11.0 Å². The number of furan rings is 1. The van der Waals surface area contributed by atoms with E-state index in [9.17, 15) is 18.0 Å². The number of esters is 1. The largest absolute Gasteiger partial charge is 0.459 e. The van der Waals surface area contributed by atoms with Crippen molar-refractivity contribution in [3.05, 3.63) is 66.4 Å². The Morgan fingerprint density at radius 2 is 1.66 bits per heavy atom. The van der Waals surface area contributed by atoms with Crippen LogP contribution >= 0.6 is 0 Å². The Hall–Kier alpha value is -3.17. The van der Waals surface area contributed by atoms with Gasteiger partial charge in [-0.25, -0.2) is 8.42 Å². The fourth-order valence-corrected chi connectivity index (χ4v) is 4.44. The Morgan fingerprint density at radius 3 is 2.31 bits per heavy atom. The van der Waals surface area contributed by atoms with Gasteiger partial charge < -0.3 is 14.5 Å². The van der Waals surface area contributed by atoms with Crippen LogP contribution in [0.15, 0.2) is 70.0 Å². The van der Waals surface area contributed by atoms with E-state index < -0.39 is 46.5 Å². The molecule has 1 unspecified atom stereocenters. The van der Waals surface area contributed by atoms with Gasteiger partial charge in [0.2, 0.25) is 10.0 Å². The average Bonchev–Trinajstić information content (AvgIpc) is 3.21. The first-order valence-corrected chi connectivity index (χ1v) is 11.7. The Labute approximate surface area is 187 Å². The predicted octanol–water partition coefficient (Wildman–Crippen LogP) is 3.16. The molecular formula is C23H26N2O6S. The van der Waals surface area contributed by atoms with Crippen molar-refractivity contribution in [1.29, 1.82) is 0 Å². The fraction of sp³-hybridized carbons (Fsp3) is 0.304. The van der Waals surface area contributed by atoms with Crippen LogP contribution in [0.4, 0.5) is 0 Å². The van der Waals surface area contributed by atoms with Gasteiger partial charge in [0, 0.05) is 5.39 Å². The fourth-order valence-electron chi connectivity index (χ4n) is 3.09. The van der Waals surface area contributed by atoms with E-state index in [1.165, 1.54) is 12.1 Å². The summed E-state index contributed by atoms with van der Waals surface area (Å²) in [5.41, 5.74) is 0.709. The molecule has 2 atom stereocenters. The molecule has 2 aromatic carbocycles. The molecule has 0 spiro atoms. The summed E-state index contributed by atoms with van der Waals surface area (Å²) in [5, 5.41) is 3.62. The van der Waals surface area contributed by atoms with Crippen LogP contribution in [-0.2, 0) is 24.3 Å². The second-order valence-corrected chi connectivity index (χ2v) is 9.45. The molecular weight excluding hydrogens is 432 g/mol. The Morgan fingerprint density at radius 1 is 1.00 bits per heavy atom. The molecule has 1 aromatic heterocycles. The highest BCUT2D eigenvalue weighted by molar-refractivity contribution is 7.89. The molecule has 0 aliphatic heterocycles. The minimum Gasteiger partial charge on any atom is -0.459 e. The lowest BCUT2D eigenvalue weighted by Crippen LogP contribution is -2.46. The maximum atomic E-state index is 12.6. The van der Waals surface area contributed by atoms with Gasteiger partial charge in [0.05, 0.1) is 10.9 Å². The number of carbonyl (C=O) groups is 2. The summed E-state index contributed by atoms with van der Waals surface area (Å²) in [7, 11) is -3.92. The van der Waals surface area contributed by atoms with Crippen molar-refractivity contribution >= 4 is 32.9 Å². The molecule has 1 amide bonds. The zero-order chi connectivity index (χ0) is 23.3. The number of hydrogen-bond acceptors (Lipinski definition) is 6. The van der Waals surface area contributed by atoms with Gasteiger partial charge in [-0.1, -0.05) is 50.2 Å². The van der Waals surface area contributed by atoms with Crippen molar-refractivity contribution in [2.45, 2.75) is 37.8 Å². The van der Waals surface area contributed by atoms with Gasteiger partial charge in [0.25, 0.3) is 5.91 Å². The van der Waals surface area contributed by atoms with E-state index in [0.29, 0.717) is 11.3 Å². The molecule has 3 rings (SSSR count). The standard InChI is InChI=1S/C23H26N2O6S/c1-15(2)22(25-32(28,29)18-10-5-4-6-11-18)23(27)30-14-21(26)24-16(3)20-13-17-9-7-8-12-19(17)31-20/h4-13,15-16,22,25H,14H2,1-3H3,(H,24,26)/t16?,22-/m0/s1. The Balaban J connectivity index is 1.57. The van der Waals surface area contributed by atoms with Gasteiger partial charge in [-0.2, -0.15) is 4.72 Å². The molecule has 9 heteroatoms. The second kappa shape index (κ2) is 9.97. The van der Waals surface area contributed by atoms with Gasteiger partial charge in [-0.15, -0.1) is 0 Å². The number of benzene rings is 2. The first kappa shape index (κ1) is 23.5. The first-order valence-electron chi connectivity index (χ1n) is 10.2. The minimum absolute atomic E-state index is 0.0378. The normalized spacial score (nSPS) is 13.6. The summed E-state index contributed by atoms with van der Waals surface area (Å²) < 4.78 is 38.3. The third-order valence-corrected chi connectivity index (χ3v) is 6.31. The molecule has 0 bridgehead atoms. The van der Waals surface area contributed by atoms with Crippen molar-refractivity contribution in [3.8, 4) is 0 Å². The van der Waals surface area contributed by atoms with Crippen LogP contribution < -0.4 is 10.0 Å². The quantitative estimate of drug-likeness (QED) is 0.476. The third-order valence-electron chi connectivity index (χ3n) is 4.85. The number of amides is 1.